The predicted molar refractivity (Wildman–Crippen MR) is 63.1 cm³/mol. The SMILES string of the molecule is CC(CCl)CS(=O)(=O)NC1CC2CCC1O2. The van der Waals surface area contributed by atoms with Crippen molar-refractivity contribution in [1.82, 2.24) is 4.72 Å². The first-order valence-corrected chi connectivity index (χ1v) is 7.90. The van der Waals surface area contributed by atoms with Crippen molar-refractivity contribution in [2.24, 2.45) is 5.92 Å². The minimum Gasteiger partial charge on any atom is -0.373 e. The van der Waals surface area contributed by atoms with Crippen molar-refractivity contribution < 1.29 is 13.2 Å². The third-order valence-electron chi connectivity index (χ3n) is 3.20. The van der Waals surface area contributed by atoms with E-state index in [0.29, 0.717) is 5.88 Å². The molecule has 6 heteroatoms. The number of halogens is 1. The van der Waals surface area contributed by atoms with E-state index < -0.39 is 10.0 Å². The molecule has 16 heavy (non-hydrogen) atoms. The fraction of sp³-hybridized carbons (Fsp3) is 1.00. The molecule has 4 atom stereocenters. The number of hydrogen-bond acceptors (Lipinski definition) is 3. The molecule has 0 aromatic carbocycles. The highest BCUT2D eigenvalue weighted by Crippen LogP contribution is 2.34. The minimum atomic E-state index is -3.21. The molecular weight excluding hydrogens is 250 g/mol. The fourth-order valence-corrected chi connectivity index (χ4v) is 4.37. The highest BCUT2D eigenvalue weighted by molar-refractivity contribution is 7.89. The second-order valence-corrected chi connectivity index (χ2v) is 6.98. The summed E-state index contributed by atoms with van der Waals surface area (Å²) in [4.78, 5) is 0. The van der Waals surface area contributed by atoms with Gasteiger partial charge in [-0.3, -0.25) is 0 Å². The molecule has 2 saturated heterocycles. The Morgan fingerprint density at radius 2 is 2.25 bits per heavy atom. The molecule has 2 bridgehead atoms. The molecule has 0 aromatic rings. The van der Waals surface area contributed by atoms with Crippen LogP contribution in [0.4, 0.5) is 0 Å². The van der Waals surface area contributed by atoms with Crippen LogP contribution in [-0.4, -0.2) is 38.3 Å². The van der Waals surface area contributed by atoms with E-state index in [-0.39, 0.29) is 29.9 Å². The first-order chi connectivity index (χ1) is 7.50. The zero-order valence-electron chi connectivity index (χ0n) is 9.36. The zero-order valence-corrected chi connectivity index (χ0v) is 10.9. The van der Waals surface area contributed by atoms with Gasteiger partial charge >= 0.3 is 0 Å². The number of alkyl halides is 1. The normalized spacial score (nSPS) is 35.5. The third-order valence-corrected chi connectivity index (χ3v) is 5.40. The lowest BCUT2D eigenvalue weighted by molar-refractivity contribution is 0.0996. The summed E-state index contributed by atoms with van der Waals surface area (Å²) in [6, 6.07) is -0.0220. The number of rotatable bonds is 5. The maximum absolute atomic E-state index is 11.8. The summed E-state index contributed by atoms with van der Waals surface area (Å²) in [6.45, 7) is 1.84. The first-order valence-electron chi connectivity index (χ1n) is 5.71. The molecule has 4 nitrogen and oxygen atoms in total. The van der Waals surface area contributed by atoms with Gasteiger partial charge in [0.05, 0.1) is 24.0 Å². The lowest BCUT2D eigenvalue weighted by Crippen LogP contribution is -2.43. The van der Waals surface area contributed by atoms with Crippen LogP contribution in [0.1, 0.15) is 26.2 Å². The van der Waals surface area contributed by atoms with Gasteiger partial charge in [-0.2, -0.15) is 0 Å². The van der Waals surface area contributed by atoms with Gasteiger partial charge in [0, 0.05) is 5.88 Å². The molecule has 2 heterocycles. The van der Waals surface area contributed by atoms with Gasteiger partial charge < -0.3 is 4.74 Å². The molecule has 2 aliphatic heterocycles. The maximum atomic E-state index is 11.8. The van der Waals surface area contributed by atoms with E-state index in [0.717, 1.165) is 19.3 Å². The van der Waals surface area contributed by atoms with Crippen molar-refractivity contribution in [3.05, 3.63) is 0 Å². The van der Waals surface area contributed by atoms with Crippen molar-refractivity contribution in [2.75, 3.05) is 11.6 Å². The van der Waals surface area contributed by atoms with Gasteiger partial charge in [-0.25, -0.2) is 13.1 Å². The highest BCUT2D eigenvalue weighted by atomic mass is 35.5. The van der Waals surface area contributed by atoms with Gasteiger partial charge in [0.25, 0.3) is 0 Å². The average Bonchev–Trinajstić information content (AvgIpc) is 2.77. The smallest absolute Gasteiger partial charge is 0.212 e. The quantitative estimate of drug-likeness (QED) is 0.759. The molecule has 0 saturated carbocycles. The fourth-order valence-electron chi connectivity index (χ4n) is 2.46. The van der Waals surface area contributed by atoms with Gasteiger partial charge in [0.15, 0.2) is 0 Å². The Balaban J connectivity index is 1.89. The summed E-state index contributed by atoms with van der Waals surface area (Å²) in [6.07, 6.45) is 3.22. The molecular formula is C10H18ClNO3S. The van der Waals surface area contributed by atoms with Crippen LogP contribution in [0.3, 0.4) is 0 Å². The molecule has 2 fully saturated rings. The molecule has 0 radical (unpaired) electrons. The van der Waals surface area contributed by atoms with Crippen LogP contribution in [0.5, 0.6) is 0 Å². The largest absolute Gasteiger partial charge is 0.373 e. The molecule has 0 aromatic heterocycles. The number of ether oxygens (including phenoxy) is 1. The van der Waals surface area contributed by atoms with Gasteiger partial charge in [-0.05, 0) is 25.2 Å². The lowest BCUT2D eigenvalue weighted by Gasteiger charge is -2.20. The Morgan fingerprint density at radius 3 is 2.75 bits per heavy atom. The van der Waals surface area contributed by atoms with Gasteiger partial charge in [0.2, 0.25) is 10.0 Å². The molecule has 0 amide bonds. The van der Waals surface area contributed by atoms with Crippen molar-refractivity contribution in [3.63, 3.8) is 0 Å². The van der Waals surface area contributed by atoms with E-state index in [4.69, 9.17) is 16.3 Å². The van der Waals surface area contributed by atoms with E-state index in [2.05, 4.69) is 4.72 Å². The Bertz CT molecular complexity index is 346. The third kappa shape index (κ3) is 2.88. The monoisotopic (exact) mass is 267 g/mol. The minimum absolute atomic E-state index is 0.0151. The summed E-state index contributed by atoms with van der Waals surface area (Å²) >= 11 is 5.62. The van der Waals surface area contributed by atoms with Crippen molar-refractivity contribution in [3.8, 4) is 0 Å². The van der Waals surface area contributed by atoms with E-state index in [1.807, 2.05) is 6.92 Å². The average molecular weight is 268 g/mol. The summed E-state index contributed by atoms with van der Waals surface area (Å²) in [5.74, 6) is 0.456. The number of hydrogen-bond donors (Lipinski definition) is 1. The van der Waals surface area contributed by atoms with E-state index >= 15 is 0 Å². The summed E-state index contributed by atoms with van der Waals surface area (Å²) in [5.41, 5.74) is 0. The summed E-state index contributed by atoms with van der Waals surface area (Å²) < 4.78 is 32.0. The van der Waals surface area contributed by atoms with Crippen LogP contribution in [0.15, 0.2) is 0 Å². The van der Waals surface area contributed by atoms with Crippen LogP contribution in [0, 0.1) is 5.92 Å². The van der Waals surface area contributed by atoms with E-state index in [1.54, 1.807) is 0 Å². The van der Waals surface area contributed by atoms with Crippen molar-refractivity contribution >= 4 is 21.6 Å². The molecule has 94 valence electrons. The number of nitrogens with one attached hydrogen (secondary N) is 1. The molecule has 0 spiro atoms. The van der Waals surface area contributed by atoms with Gasteiger partial charge in [-0.1, -0.05) is 6.92 Å². The molecule has 2 rings (SSSR count). The van der Waals surface area contributed by atoms with E-state index in [9.17, 15) is 8.42 Å². The molecule has 1 N–H and O–H groups in total. The van der Waals surface area contributed by atoms with Crippen LogP contribution >= 0.6 is 11.6 Å². The van der Waals surface area contributed by atoms with Gasteiger partial charge in [-0.15, -0.1) is 11.6 Å². The second-order valence-electron chi connectivity index (χ2n) is 4.87. The Morgan fingerprint density at radius 1 is 1.50 bits per heavy atom. The number of fused-ring (bicyclic) bond motifs is 2. The molecule has 0 aliphatic carbocycles. The Labute approximate surface area is 102 Å². The molecule has 4 unspecified atom stereocenters. The zero-order chi connectivity index (χ0) is 11.8. The second kappa shape index (κ2) is 4.80. The lowest BCUT2D eigenvalue weighted by atomic mass is 9.96. The standard InChI is InChI=1S/C10H18ClNO3S/c1-7(5-11)6-16(13,14)12-9-4-8-2-3-10(9)15-8/h7-10,12H,2-6H2,1H3. The Kier molecular flexibility index (Phi) is 3.79. The predicted octanol–water partition coefficient (Wildman–Crippen LogP) is 1.10. The van der Waals surface area contributed by atoms with Crippen LogP contribution in [0.25, 0.3) is 0 Å². The van der Waals surface area contributed by atoms with Crippen LogP contribution in [0.2, 0.25) is 0 Å². The van der Waals surface area contributed by atoms with Crippen molar-refractivity contribution in [1.29, 1.82) is 0 Å². The van der Waals surface area contributed by atoms with E-state index in [1.165, 1.54) is 0 Å². The topological polar surface area (TPSA) is 55.4 Å². The summed E-state index contributed by atoms with van der Waals surface area (Å²) in [7, 11) is -3.21. The Hall–Kier alpha value is 0.160. The van der Waals surface area contributed by atoms with Crippen molar-refractivity contribution in [2.45, 2.75) is 44.4 Å². The maximum Gasteiger partial charge on any atom is 0.212 e. The van der Waals surface area contributed by atoms with Crippen LogP contribution in [-0.2, 0) is 14.8 Å². The summed E-state index contributed by atoms with van der Waals surface area (Å²) in [5, 5.41) is 0. The highest BCUT2D eigenvalue weighted by Gasteiger charge is 2.42. The van der Waals surface area contributed by atoms with Crippen LogP contribution < -0.4 is 4.72 Å². The number of sulfonamides is 1. The van der Waals surface area contributed by atoms with Gasteiger partial charge in [0.1, 0.15) is 0 Å². The first kappa shape index (κ1) is 12.6. The molecule has 2 aliphatic rings.